The van der Waals surface area contributed by atoms with E-state index in [9.17, 15) is 9.59 Å². The van der Waals surface area contributed by atoms with Crippen molar-refractivity contribution < 1.29 is 9.53 Å². The second-order valence-electron chi connectivity index (χ2n) is 3.08. The van der Waals surface area contributed by atoms with Crippen LogP contribution in [0, 0.1) is 12.3 Å². The van der Waals surface area contributed by atoms with Crippen LogP contribution in [0.25, 0.3) is 0 Å². The van der Waals surface area contributed by atoms with Gasteiger partial charge in [0.05, 0.1) is 11.8 Å². The Bertz CT molecular complexity index is 507. The number of thioether (sulfide) groups is 1. The number of rotatable bonds is 5. The molecule has 7 heteroatoms. The Morgan fingerprint density at radius 2 is 2.50 bits per heavy atom. The van der Waals surface area contributed by atoms with Crippen LogP contribution in [0.1, 0.15) is 12.5 Å². The molecular formula is C11H13N3O3S. The van der Waals surface area contributed by atoms with Crippen LogP contribution in [-0.2, 0) is 4.74 Å². The Morgan fingerprint density at radius 1 is 1.72 bits per heavy atom. The third-order valence-electron chi connectivity index (χ3n) is 1.86. The topological polar surface area (TPSA) is 84.1 Å². The third kappa shape index (κ3) is 4.51. The van der Waals surface area contributed by atoms with Gasteiger partial charge in [0.15, 0.2) is 0 Å². The van der Waals surface area contributed by atoms with Crippen LogP contribution >= 0.6 is 11.8 Å². The molecule has 1 heterocycles. The molecule has 6 nitrogen and oxygen atoms in total. The van der Waals surface area contributed by atoms with Gasteiger partial charge in [0, 0.05) is 5.75 Å². The summed E-state index contributed by atoms with van der Waals surface area (Å²) in [6, 6.07) is 0. The SMILES string of the molecule is C#Cc1cnc(=O)[nH]c1NC(=O)OCCSCC. The van der Waals surface area contributed by atoms with Crippen LogP contribution in [0.5, 0.6) is 0 Å². The van der Waals surface area contributed by atoms with Crippen molar-refractivity contribution in [3.05, 3.63) is 22.2 Å². The molecule has 0 saturated heterocycles. The highest BCUT2D eigenvalue weighted by Crippen LogP contribution is 2.07. The summed E-state index contributed by atoms with van der Waals surface area (Å²) in [6.45, 7) is 2.32. The first kappa shape index (κ1) is 14.1. The summed E-state index contributed by atoms with van der Waals surface area (Å²) >= 11 is 1.66. The zero-order chi connectivity index (χ0) is 13.4. The van der Waals surface area contributed by atoms with Gasteiger partial charge in [-0.1, -0.05) is 12.8 Å². The average Bonchev–Trinajstić information content (AvgIpc) is 2.35. The van der Waals surface area contributed by atoms with Gasteiger partial charge in [0.2, 0.25) is 0 Å². The highest BCUT2D eigenvalue weighted by Gasteiger charge is 2.07. The van der Waals surface area contributed by atoms with Gasteiger partial charge in [-0.3, -0.25) is 10.3 Å². The minimum atomic E-state index is -0.662. The van der Waals surface area contributed by atoms with E-state index in [0.717, 1.165) is 11.5 Å². The molecule has 1 rings (SSSR count). The van der Waals surface area contributed by atoms with Crippen LogP contribution in [-0.4, -0.2) is 34.2 Å². The molecule has 0 aliphatic carbocycles. The number of nitrogens with zero attached hydrogens (tertiary/aromatic N) is 1. The number of aromatic nitrogens is 2. The smallest absolute Gasteiger partial charge is 0.412 e. The van der Waals surface area contributed by atoms with E-state index in [1.165, 1.54) is 6.20 Å². The molecular weight excluding hydrogens is 254 g/mol. The molecule has 0 aliphatic heterocycles. The molecule has 0 aliphatic rings. The van der Waals surface area contributed by atoms with E-state index in [1.54, 1.807) is 11.8 Å². The van der Waals surface area contributed by atoms with E-state index in [4.69, 9.17) is 11.2 Å². The molecule has 1 amide bonds. The van der Waals surface area contributed by atoms with Crippen molar-refractivity contribution in [2.75, 3.05) is 23.4 Å². The minimum Gasteiger partial charge on any atom is -0.448 e. The maximum absolute atomic E-state index is 11.4. The molecule has 0 aromatic carbocycles. The normalized spacial score (nSPS) is 9.56. The summed E-state index contributed by atoms with van der Waals surface area (Å²) in [7, 11) is 0. The van der Waals surface area contributed by atoms with E-state index in [1.807, 2.05) is 6.92 Å². The van der Waals surface area contributed by atoms with Gasteiger partial charge in [-0.05, 0) is 5.75 Å². The lowest BCUT2D eigenvalue weighted by molar-refractivity contribution is 0.169. The molecule has 0 spiro atoms. The van der Waals surface area contributed by atoms with E-state index in [-0.39, 0.29) is 11.4 Å². The fourth-order valence-corrected chi connectivity index (χ4v) is 1.57. The average molecular weight is 267 g/mol. The summed E-state index contributed by atoms with van der Waals surface area (Å²) in [5, 5.41) is 2.37. The molecule has 0 saturated carbocycles. The fraction of sp³-hybridized carbons (Fsp3) is 0.364. The molecule has 0 bridgehead atoms. The van der Waals surface area contributed by atoms with Crippen LogP contribution in [0.3, 0.4) is 0 Å². The number of amides is 1. The summed E-state index contributed by atoms with van der Waals surface area (Å²) in [6.07, 6.45) is 5.76. The van der Waals surface area contributed by atoms with Crippen molar-refractivity contribution in [2.24, 2.45) is 0 Å². The first-order valence-electron chi connectivity index (χ1n) is 5.24. The molecule has 1 aromatic rings. The predicted molar refractivity (Wildman–Crippen MR) is 70.8 cm³/mol. The number of H-pyrrole nitrogens is 1. The van der Waals surface area contributed by atoms with Crippen LogP contribution < -0.4 is 11.0 Å². The monoisotopic (exact) mass is 267 g/mol. The number of ether oxygens (including phenoxy) is 1. The van der Waals surface area contributed by atoms with Gasteiger partial charge in [-0.25, -0.2) is 14.6 Å². The zero-order valence-electron chi connectivity index (χ0n) is 9.86. The summed E-state index contributed by atoms with van der Waals surface area (Å²) in [5.74, 6) is 4.10. The lowest BCUT2D eigenvalue weighted by Crippen LogP contribution is -2.20. The van der Waals surface area contributed by atoms with Gasteiger partial charge < -0.3 is 4.74 Å². The number of anilines is 1. The van der Waals surface area contributed by atoms with Crippen molar-refractivity contribution in [3.63, 3.8) is 0 Å². The number of carbonyl (C=O) groups excluding carboxylic acids is 1. The third-order valence-corrected chi connectivity index (χ3v) is 2.72. The Morgan fingerprint density at radius 3 is 3.17 bits per heavy atom. The summed E-state index contributed by atoms with van der Waals surface area (Å²) in [5.41, 5.74) is -0.305. The lowest BCUT2D eigenvalue weighted by atomic mass is 10.3. The Balaban J connectivity index is 2.56. The number of hydrogen-bond donors (Lipinski definition) is 2. The zero-order valence-corrected chi connectivity index (χ0v) is 10.7. The first-order valence-corrected chi connectivity index (χ1v) is 6.40. The van der Waals surface area contributed by atoms with Crippen molar-refractivity contribution in [2.45, 2.75) is 6.92 Å². The number of aromatic amines is 1. The Kier molecular flexibility index (Phi) is 5.80. The second kappa shape index (κ2) is 7.40. The first-order chi connectivity index (χ1) is 8.67. The number of nitrogens with one attached hydrogen (secondary N) is 2. The van der Waals surface area contributed by atoms with Crippen LogP contribution in [0.4, 0.5) is 10.6 Å². The van der Waals surface area contributed by atoms with Gasteiger partial charge in [0.1, 0.15) is 12.4 Å². The minimum absolute atomic E-state index is 0.116. The molecule has 0 radical (unpaired) electrons. The standard InChI is InChI=1S/C11H13N3O3S/c1-3-8-7-12-10(15)13-9(8)14-11(16)17-5-6-18-4-2/h1,7H,4-6H2,2H3,(H2,12,13,14,15,16). The largest absolute Gasteiger partial charge is 0.448 e. The molecule has 1 aromatic heterocycles. The Hall–Kier alpha value is -1.94. The molecule has 96 valence electrons. The molecule has 0 fully saturated rings. The quantitative estimate of drug-likeness (QED) is 0.615. The highest BCUT2D eigenvalue weighted by atomic mass is 32.2. The summed E-state index contributed by atoms with van der Waals surface area (Å²) < 4.78 is 4.91. The molecule has 0 unspecified atom stereocenters. The predicted octanol–water partition coefficient (Wildman–Crippen LogP) is 1.05. The molecule has 0 atom stereocenters. The van der Waals surface area contributed by atoms with Crippen LogP contribution in [0.2, 0.25) is 0 Å². The van der Waals surface area contributed by atoms with Crippen molar-refractivity contribution in [1.82, 2.24) is 9.97 Å². The number of carbonyl (C=O) groups is 1. The number of hydrogen-bond acceptors (Lipinski definition) is 5. The maximum atomic E-state index is 11.4. The fourth-order valence-electron chi connectivity index (χ4n) is 1.08. The highest BCUT2D eigenvalue weighted by molar-refractivity contribution is 7.99. The van der Waals surface area contributed by atoms with Gasteiger partial charge in [0.25, 0.3) is 0 Å². The summed E-state index contributed by atoms with van der Waals surface area (Å²) in [4.78, 5) is 28.2. The van der Waals surface area contributed by atoms with Gasteiger partial charge in [-0.2, -0.15) is 11.8 Å². The van der Waals surface area contributed by atoms with Gasteiger partial charge >= 0.3 is 11.8 Å². The van der Waals surface area contributed by atoms with E-state index < -0.39 is 11.8 Å². The lowest BCUT2D eigenvalue weighted by Gasteiger charge is -2.07. The number of terminal acetylenes is 1. The van der Waals surface area contributed by atoms with Crippen molar-refractivity contribution in [3.8, 4) is 12.3 Å². The molecule has 2 N–H and O–H groups in total. The van der Waals surface area contributed by atoms with Crippen molar-refractivity contribution in [1.29, 1.82) is 0 Å². The van der Waals surface area contributed by atoms with Gasteiger partial charge in [-0.15, -0.1) is 6.42 Å². The van der Waals surface area contributed by atoms with E-state index in [2.05, 4.69) is 21.2 Å². The van der Waals surface area contributed by atoms with E-state index >= 15 is 0 Å². The maximum Gasteiger partial charge on any atom is 0.412 e. The Labute approximate surface area is 109 Å². The van der Waals surface area contributed by atoms with Crippen molar-refractivity contribution >= 4 is 23.7 Å². The van der Waals surface area contributed by atoms with Crippen LogP contribution in [0.15, 0.2) is 11.0 Å². The van der Waals surface area contributed by atoms with E-state index in [0.29, 0.717) is 6.61 Å². The second-order valence-corrected chi connectivity index (χ2v) is 4.47. The molecule has 18 heavy (non-hydrogen) atoms.